The molecule has 172 valence electrons. The van der Waals surface area contributed by atoms with Gasteiger partial charge in [-0.25, -0.2) is 9.29 Å². The van der Waals surface area contributed by atoms with Crippen molar-refractivity contribution in [3.63, 3.8) is 0 Å². The van der Waals surface area contributed by atoms with E-state index in [1.54, 1.807) is 0 Å². The minimum absolute atomic E-state index is 0.0339. The van der Waals surface area contributed by atoms with Crippen molar-refractivity contribution in [2.24, 2.45) is 5.16 Å². The van der Waals surface area contributed by atoms with Crippen LogP contribution in [0.25, 0.3) is 0 Å². The van der Waals surface area contributed by atoms with Crippen molar-refractivity contribution in [2.45, 2.75) is 25.9 Å². The molecule has 0 radical (unpaired) electrons. The summed E-state index contributed by atoms with van der Waals surface area (Å²) in [6.45, 7) is 5.14. The Labute approximate surface area is 193 Å². The van der Waals surface area contributed by atoms with Gasteiger partial charge in [0.25, 0.3) is 11.8 Å². The first-order chi connectivity index (χ1) is 14.5. The Morgan fingerprint density at radius 1 is 1.52 bits per heavy atom. The topological polar surface area (TPSA) is 168 Å². The number of hydrogen-bond acceptors (Lipinski definition) is 11. The zero-order chi connectivity index (χ0) is 23.3. The summed E-state index contributed by atoms with van der Waals surface area (Å²) >= 11 is 7.55. The van der Waals surface area contributed by atoms with Crippen molar-refractivity contribution in [1.29, 1.82) is 0 Å². The van der Waals surface area contributed by atoms with Gasteiger partial charge in [-0.2, -0.15) is 8.42 Å². The molecule has 0 spiro atoms. The minimum Gasteiger partial charge on any atom is -0.398 e. The predicted molar refractivity (Wildman–Crippen MR) is 122 cm³/mol. The molecule has 31 heavy (non-hydrogen) atoms. The van der Waals surface area contributed by atoms with E-state index in [0.717, 1.165) is 23.1 Å². The largest absolute Gasteiger partial charge is 0.398 e. The van der Waals surface area contributed by atoms with E-state index in [1.165, 1.54) is 12.5 Å². The molecule has 1 aliphatic rings. The summed E-state index contributed by atoms with van der Waals surface area (Å²) in [5, 5.41) is 7.73. The van der Waals surface area contributed by atoms with Gasteiger partial charge in [-0.15, -0.1) is 11.3 Å². The number of amides is 2. The molecule has 2 heterocycles. The number of nitrogens with two attached hydrogens (primary N) is 1. The number of nitrogens with zero attached hydrogens (tertiary/aromatic N) is 4. The van der Waals surface area contributed by atoms with Crippen molar-refractivity contribution in [3.05, 3.63) is 11.1 Å². The highest BCUT2D eigenvalue weighted by atomic mass is 32.2. The van der Waals surface area contributed by atoms with E-state index in [2.05, 4.69) is 20.3 Å². The van der Waals surface area contributed by atoms with Gasteiger partial charge in [0.15, 0.2) is 10.8 Å². The van der Waals surface area contributed by atoms with Crippen LogP contribution in [0.2, 0.25) is 0 Å². The maximum Gasteiger partial charge on any atom is 0.362 e. The van der Waals surface area contributed by atoms with Gasteiger partial charge >= 0.3 is 10.3 Å². The quantitative estimate of drug-likeness (QED) is 0.134. The number of oxime groups is 1. The van der Waals surface area contributed by atoms with E-state index < -0.39 is 34.2 Å². The number of thiocarbonyl (C=S) groups is 1. The molecule has 0 unspecified atom stereocenters. The third-order valence-electron chi connectivity index (χ3n) is 4.27. The molecule has 2 rings (SSSR count). The Balaban J connectivity index is 2.20. The highest BCUT2D eigenvalue weighted by molar-refractivity contribution is 8.22. The molecule has 1 saturated heterocycles. The molecule has 1 aromatic rings. The van der Waals surface area contributed by atoms with Crippen LogP contribution in [0.1, 0.15) is 19.5 Å². The number of aromatic nitrogens is 1. The van der Waals surface area contributed by atoms with E-state index in [4.69, 9.17) is 18.0 Å². The Hall–Kier alpha value is -2.01. The number of anilines is 1. The van der Waals surface area contributed by atoms with Crippen LogP contribution in [0.5, 0.6) is 0 Å². The monoisotopic (exact) mass is 510 g/mol. The normalized spacial score (nSPS) is 19.0. The molecule has 1 aromatic heterocycles. The third-order valence-corrected chi connectivity index (χ3v) is 7.51. The van der Waals surface area contributed by atoms with Crippen molar-refractivity contribution in [3.8, 4) is 0 Å². The first kappa shape index (κ1) is 25.3. The molecule has 12 nitrogen and oxygen atoms in total. The molecule has 16 heteroatoms. The fraction of sp³-hybridized carbons (Fsp3) is 0.533. The van der Waals surface area contributed by atoms with E-state index in [1.807, 2.05) is 18.7 Å². The van der Waals surface area contributed by atoms with E-state index in [-0.39, 0.29) is 22.3 Å². The van der Waals surface area contributed by atoms with Crippen LogP contribution >= 0.6 is 35.3 Å². The van der Waals surface area contributed by atoms with Crippen molar-refractivity contribution < 1.29 is 27.4 Å². The van der Waals surface area contributed by atoms with Crippen molar-refractivity contribution in [1.82, 2.24) is 19.5 Å². The number of nitrogen functional groups attached to an aromatic ring is 1. The summed E-state index contributed by atoms with van der Waals surface area (Å²) < 4.78 is 33.5. The van der Waals surface area contributed by atoms with E-state index in [0.29, 0.717) is 21.7 Å². The number of carbonyl (C=O) groups excluding carboxylic acids is 2. The number of thioether (sulfide) groups is 1. The lowest BCUT2D eigenvalue weighted by atomic mass is 10.0. The second-order valence-corrected chi connectivity index (χ2v) is 9.91. The third kappa shape index (κ3) is 5.82. The molecule has 0 saturated carbocycles. The highest BCUT2D eigenvalue weighted by Gasteiger charge is 2.54. The van der Waals surface area contributed by atoms with Gasteiger partial charge in [-0.3, -0.25) is 14.1 Å². The molecule has 1 aliphatic heterocycles. The molecule has 2 amide bonds. The second kappa shape index (κ2) is 10.5. The fourth-order valence-electron chi connectivity index (χ4n) is 2.76. The first-order valence-electron chi connectivity index (χ1n) is 8.90. The van der Waals surface area contributed by atoms with Crippen LogP contribution in [-0.4, -0.2) is 87.0 Å². The minimum atomic E-state index is -4.81. The van der Waals surface area contributed by atoms with Gasteiger partial charge in [0.05, 0.1) is 6.04 Å². The zero-order valence-corrected chi connectivity index (χ0v) is 20.1. The number of carbonyl (C=O) groups is 2. The van der Waals surface area contributed by atoms with Crippen LogP contribution in [0.4, 0.5) is 5.13 Å². The molecule has 1 fully saturated rings. The van der Waals surface area contributed by atoms with Crippen molar-refractivity contribution >= 4 is 72.6 Å². The predicted octanol–water partition coefficient (Wildman–Crippen LogP) is -0.0659. The summed E-state index contributed by atoms with van der Waals surface area (Å²) in [7, 11) is -3.58. The van der Waals surface area contributed by atoms with Crippen LogP contribution in [-0.2, 0) is 24.7 Å². The SMILES string of the molecule is CCN(CC)C(=S)SC[C@@H]1[C@H](NC(=O)/C(=N\OC)c2csc(N)n2)C(=O)N1S(=O)(=O)O. The molecule has 0 aromatic carbocycles. The highest BCUT2D eigenvalue weighted by Crippen LogP contribution is 2.28. The Morgan fingerprint density at radius 2 is 2.16 bits per heavy atom. The smallest absolute Gasteiger partial charge is 0.362 e. The average Bonchev–Trinajstić information content (AvgIpc) is 3.12. The summed E-state index contributed by atoms with van der Waals surface area (Å²) in [4.78, 5) is 35.6. The Bertz CT molecular complexity index is 976. The van der Waals surface area contributed by atoms with Crippen molar-refractivity contribution in [2.75, 3.05) is 31.7 Å². The van der Waals surface area contributed by atoms with E-state index >= 15 is 0 Å². The lowest BCUT2D eigenvalue weighted by Gasteiger charge is -2.44. The summed E-state index contributed by atoms with van der Waals surface area (Å²) in [5.41, 5.74) is 5.48. The van der Waals surface area contributed by atoms with Gasteiger partial charge in [0.1, 0.15) is 23.2 Å². The number of nitrogens with one attached hydrogen (secondary N) is 1. The summed E-state index contributed by atoms with van der Waals surface area (Å²) in [6, 6.07) is -2.27. The van der Waals surface area contributed by atoms with Gasteiger partial charge in [-0.1, -0.05) is 29.1 Å². The summed E-state index contributed by atoms with van der Waals surface area (Å²) in [5.74, 6) is -1.77. The van der Waals surface area contributed by atoms with Crippen LogP contribution < -0.4 is 11.1 Å². The van der Waals surface area contributed by atoms with Gasteiger partial charge < -0.3 is 20.8 Å². The molecular formula is C15H22N6O6S4. The number of thiazole rings is 1. The molecule has 4 N–H and O–H groups in total. The fourth-order valence-corrected chi connectivity index (χ4v) is 5.84. The Morgan fingerprint density at radius 3 is 2.65 bits per heavy atom. The average molecular weight is 511 g/mol. The maximum absolute atomic E-state index is 12.7. The second-order valence-electron chi connectivity index (χ2n) is 6.07. The first-order valence-corrected chi connectivity index (χ1v) is 12.6. The van der Waals surface area contributed by atoms with Gasteiger partial charge in [-0.05, 0) is 13.8 Å². The lowest BCUT2D eigenvalue weighted by Crippen LogP contribution is -2.73. The van der Waals surface area contributed by atoms with Gasteiger partial charge in [0, 0.05) is 24.2 Å². The zero-order valence-electron chi connectivity index (χ0n) is 16.8. The van der Waals surface area contributed by atoms with Crippen LogP contribution in [0, 0.1) is 0 Å². The molecule has 0 bridgehead atoms. The standard InChI is InChI=1S/C15H22N6O6S4/c1-4-20(5-2)15(28)30-7-9-11(13(23)21(9)31(24,25)26)18-12(22)10(19-27-3)8-6-29-14(16)17-8/h6,9,11H,4-5,7H2,1-3H3,(H2,16,17)(H,18,22)(H,24,25,26)/b19-10-/t9-,11+/m1/s1. The van der Waals surface area contributed by atoms with Crippen LogP contribution in [0.3, 0.4) is 0 Å². The van der Waals surface area contributed by atoms with Gasteiger partial charge in [0.2, 0.25) is 0 Å². The molecule has 2 atom stereocenters. The molecule has 0 aliphatic carbocycles. The number of β-lactam (4-membered cyclic amide) rings is 1. The molecular weight excluding hydrogens is 488 g/mol. The number of rotatable bonds is 9. The summed E-state index contributed by atoms with van der Waals surface area (Å²) in [6.07, 6.45) is 0. The maximum atomic E-state index is 12.7. The number of hydrogen-bond donors (Lipinski definition) is 3. The Kier molecular flexibility index (Phi) is 8.58. The van der Waals surface area contributed by atoms with Crippen LogP contribution in [0.15, 0.2) is 10.5 Å². The van der Waals surface area contributed by atoms with E-state index in [9.17, 15) is 22.6 Å². The lowest BCUT2D eigenvalue weighted by molar-refractivity contribution is -0.143.